The molecule has 1 heterocycles. The Morgan fingerprint density at radius 2 is 1.19 bits per heavy atom. The highest BCUT2D eigenvalue weighted by molar-refractivity contribution is 6.20. The SMILES string of the molecule is O=C1c2ccccc2C(=O)N1Oc1c(F)c(F)c(C(F)(F)F)c(F)c1F. The van der Waals surface area contributed by atoms with Gasteiger partial charge >= 0.3 is 6.18 Å². The van der Waals surface area contributed by atoms with Gasteiger partial charge in [-0.2, -0.15) is 22.0 Å². The number of rotatable bonds is 2. The minimum Gasteiger partial charge on any atom is -0.362 e. The molecule has 0 saturated heterocycles. The Hall–Kier alpha value is -3.11. The molecule has 1 aliphatic rings. The van der Waals surface area contributed by atoms with Gasteiger partial charge in [-0.25, -0.2) is 8.78 Å². The number of fused-ring (bicyclic) bond motifs is 1. The van der Waals surface area contributed by atoms with Gasteiger partial charge in [0.05, 0.1) is 11.1 Å². The molecule has 26 heavy (non-hydrogen) atoms. The van der Waals surface area contributed by atoms with Gasteiger partial charge in [0.2, 0.25) is 17.4 Å². The third-order valence-corrected chi connectivity index (χ3v) is 3.45. The summed E-state index contributed by atoms with van der Waals surface area (Å²) in [6.07, 6.45) is -5.73. The van der Waals surface area contributed by atoms with Crippen molar-refractivity contribution in [2.24, 2.45) is 0 Å². The van der Waals surface area contributed by atoms with Crippen LogP contribution in [0.25, 0.3) is 0 Å². The molecule has 11 heteroatoms. The minimum absolute atomic E-state index is 0.210. The van der Waals surface area contributed by atoms with Crippen molar-refractivity contribution in [1.82, 2.24) is 5.06 Å². The zero-order valence-corrected chi connectivity index (χ0v) is 12.1. The molecule has 0 saturated carbocycles. The maximum absolute atomic E-state index is 13.8. The molecule has 0 bridgehead atoms. The minimum atomic E-state index is -5.73. The van der Waals surface area contributed by atoms with Crippen LogP contribution in [0.3, 0.4) is 0 Å². The average molecular weight is 379 g/mol. The molecule has 2 amide bonds. The quantitative estimate of drug-likeness (QED) is 0.453. The summed E-state index contributed by atoms with van der Waals surface area (Å²) < 4.78 is 92.4. The third-order valence-electron chi connectivity index (χ3n) is 3.45. The van der Waals surface area contributed by atoms with Gasteiger partial charge in [0.15, 0.2) is 11.6 Å². The number of imide groups is 1. The summed E-state index contributed by atoms with van der Waals surface area (Å²) in [4.78, 5) is 28.3. The Morgan fingerprint density at radius 3 is 1.58 bits per heavy atom. The van der Waals surface area contributed by atoms with Crippen LogP contribution in [0.2, 0.25) is 0 Å². The van der Waals surface area contributed by atoms with Crippen LogP contribution < -0.4 is 4.84 Å². The highest BCUT2D eigenvalue weighted by Gasteiger charge is 2.45. The van der Waals surface area contributed by atoms with Crippen LogP contribution in [0.1, 0.15) is 26.3 Å². The average Bonchev–Trinajstić information content (AvgIpc) is 2.81. The van der Waals surface area contributed by atoms with Crippen molar-refractivity contribution in [1.29, 1.82) is 0 Å². The fourth-order valence-electron chi connectivity index (χ4n) is 2.28. The molecule has 136 valence electrons. The van der Waals surface area contributed by atoms with Crippen LogP contribution in [0, 0.1) is 23.3 Å². The van der Waals surface area contributed by atoms with Crippen molar-refractivity contribution in [3.8, 4) is 5.75 Å². The van der Waals surface area contributed by atoms with Crippen LogP contribution in [0.5, 0.6) is 5.75 Å². The molecular weight excluding hydrogens is 375 g/mol. The standard InChI is InChI=1S/C15H4F7NO3/c16-8-7(15(20,21)22)9(17)11(19)12(10(8)18)26-23-13(24)5-3-1-2-4-6(5)14(23)25/h1-4H. The Labute approximate surface area is 139 Å². The first-order chi connectivity index (χ1) is 12.1. The van der Waals surface area contributed by atoms with E-state index in [2.05, 4.69) is 4.84 Å². The molecule has 0 radical (unpaired) electrons. The van der Waals surface area contributed by atoms with Crippen molar-refractivity contribution >= 4 is 11.8 Å². The predicted octanol–water partition coefficient (Wildman–Crippen LogP) is 3.85. The van der Waals surface area contributed by atoms with E-state index in [1.54, 1.807) is 0 Å². The summed E-state index contributed by atoms with van der Waals surface area (Å²) in [5.41, 5.74) is -3.26. The number of benzene rings is 2. The number of alkyl halides is 3. The van der Waals surface area contributed by atoms with Crippen molar-refractivity contribution in [2.45, 2.75) is 6.18 Å². The molecule has 0 aliphatic carbocycles. The molecule has 1 aliphatic heterocycles. The molecule has 3 rings (SSSR count). The summed E-state index contributed by atoms with van der Waals surface area (Å²) in [7, 11) is 0. The normalized spacial score (nSPS) is 14.0. The van der Waals surface area contributed by atoms with Crippen molar-refractivity contribution in [3.05, 3.63) is 64.2 Å². The van der Waals surface area contributed by atoms with Gasteiger partial charge in [0.1, 0.15) is 5.56 Å². The molecule has 0 aromatic heterocycles. The third kappa shape index (κ3) is 2.47. The van der Waals surface area contributed by atoms with Crippen LogP contribution in [-0.4, -0.2) is 16.9 Å². The van der Waals surface area contributed by atoms with E-state index in [-0.39, 0.29) is 16.2 Å². The Balaban J connectivity index is 2.08. The number of nitrogens with zero attached hydrogens (tertiary/aromatic N) is 1. The number of hydrogen-bond donors (Lipinski definition) is 0. The number of amides is 2. The number of hydrogen-bond acceptors (Lipinski definition) is 3. The van der Waals surface area contributed by atoms with E-state index < -0.39 is 52.6 Å². The van der Waals surface area contributed by atoms with Gasteiger partial charge in [-0.15, -0.1) is 0 Å². The highest BCUT2D eigenvalue weighted by Crippen LogP contribution is 2.40. The summed E-state index contributed by atoms with van der Waals surface area (Å²) >= 11 is 0. The molecule has 0 N–H and O–H groups in total. The smallest absolute Gasteiger partial charge is 0.362 e. The van der Waals surface area contributed by atoms with Crippen LogP contribution in [-0.2, 0) is 6.18 Å². The number of halogens is 7. The summed E-state index contributed by atoms with van der Waals surface area (Å²) in [6, 6.07) is 5.04. The molecule has 0 fully saturated rings. The molecule has 2 aromatic rings. The highest BCUT2D eigenvalue weighted by atomic mass is 19.4. The topological polar surface area (TPSA) is 46.6 Å². The number of carbonyl (C=O) groups excluding carboxylic acids is 2. The summed E-state index contributed by atoms with van der Waals surface area (Å²) in [5.74, 6) is -15.1. The van der Waals surface area contributed by atoms with Gasteiger partial charge in [-0.05, 0) is 12.1 Å². The lowest BCUT2D eigenvalue weighted by Gasteiger charge is -2.18. The molecular formula is C15H4F7NO3. The lowest BCUT2D eigenvalue weighted by atomic mass is 10.1. The molecule has 4 nitrogen and oxygen atoms in total. The van der Waals surface area contributed by atoms with E-state index in [4.69, 9.17) is 0 Å². The van der Waals surface area contributed by atoms with Gasteiger partial charge in [-0.3, -0.25) is 9.59 Å². The molecule has 0 unspecified atom stereocenters. The fraction of sp³-hybridized carbons (Fsp3) is 0.0667. The summed E-state index contributed by atoms with van der Waals surface area (Å²) in [6.45, 7) is 0. The van der Waals surface area contributed by atoms with E-state index in [0.29, 0.717) is 0 Å². The maximum atomic E-state index is 13.8. The largest absolute Gasteiger partial charge is 0.422 e. The van der Waals surface area contributed by atoms with Crippen LogP contribution >= 0.6 is 0 Å². The van der Waals surface area contributed by atoms with Crippen molar-refractivity contribution in [2.75, 3.05) is 0 Å². The first-order valence-electron chi connectivity index (χ1n) is 6.64. The fourth-order valence-corrected chi connectivity index (χ4v) is 2.28. The van der Waals surface area contributed by atoms with Gasteiger partial charge in [0, 0.05) is 0 Å². The Kier molecular flexibility index (Phi) is 3.89. The zero-order valence-electron chi connectivity index (χ0n) is 12.1. The van der Waals surface area contributed by atoms with Gasteiger partial charge in [-0.1, -0.05) is 17.2 Å². The van der Waals surface area contributed by atoms with Crippen molar-refractivity contribution in [3.63, 3.8) is 0 Å². The van der Waals surface area contributed by atoms with Gasteiger partial charge in [0.25, 0.3) is 11.8 Å². The number of carbonyl (C=O) groups is 2. The monoisotopic (exact) mass is 379 g/mol. The van der Waals surface area contributed by atoms with E-state index in [9.17, 15) is 40.3 Å². The Bertz CT molecular complexity index is 891. The maximum Gasteiger partial charge on any atom is 0.422 e. The van der Waals surface area contributed by atoms with Crippen LogP contribution in [0.4, 0.5) is 30.7 Å². The second-order valence-electron chi connectivity index (χ2n) is 5.00. The lowest BCUT2D eigenvalue weighted by Crippen LogP contribution is -2.34. The zero-order chi connectivity index (χ0) is 19.4. The van der Waals surface area contributed by atoms with Gasteiger partial charge < -0.3 is 4.84 Å². The van der Waals surface area contributed by atoms with E-state index in [1.807, 2.05) is 0 Å². The van der Waals surface area contributed by atoms with E-state index in [1.165, 1.54) is 24.3 Å². The second-order valence-corrected chi connectivity index (χ2v) is 5.00. The van der Waals surface area contributed by atoms with E-state index in [0.717, 1.165) is 0 Å². The molecule has 0 atom stereocenters. The van der Waals surface area contributed by atoms with Crippen LogP contribution in [0.15, 0.2) is 24.3 Å². The molecule has 2 aromatic carbocycles. The molecule has 0 spiro atoms. The number of hydroxylamine groups is 2. The first-order valence-corrected chi connectivity index (χ1v) is 6.64. The Morgan fingerprint density at radius 1 is 0.769 bits per heavy atom. The first kappa shape index (κ1) is 17.7. The summed E-state index contributed by atoms with van der Waals surface area (Å²) in [5, 5.41) is -0.210. The van der Waals surface area contributed by atoms with E-state index >= 15 is 0 Å². The second kappa shape index (κ2) is 5.71. The lowest BCUT2D eigenvalue weighted by molar-refractivity contribution is -0.143. The van der Waals surface area contributed by atoms with Crippen molar-refractivity contribution < 1.29 is 45.2 Å². The predicted molar refractivity (Wildman–Crippen MR) is 68.8 cm³/mol.